The van der Waals surface area contributed by atoms with Crippen LogP contribution in [0.5, 0.6) is 0 Å². The molecule has 1 fully saturated rings. The van der Waals surface area contributed by atoms with Gasteiger partial charge >= 0.3 is 0 Å². The highest BCUT2D eigenvalue weighted by molar-refractivity contribution is 5.91. The summed E-state index contributed by atoms with van der Waals surface area (Å²) in [6.07, 6.45) is 8.12. The molecule has 3 rings (SSSR count). The average molecular weight is 300 g/mol. The monoisotopic (exact) mass is 300 g/mol. The number of nitrogens with one attached hydrogen (secondary N) is 1. The number of carbonyl (C=O) groups is 1. The van der Waals surface area contributed by atoms with Crippen LogP contribution in [0, 0.1) is 5.92 Å². The maximum Gasteiger partial charge on any atom is 0.225 e. The first-order valence-corrected chi connectivity index (χ1v) is 8.88. The van der Waals surface area contributed by atoms with E-state index in [1.165, 1.54) is 49.8 Å². The van der Waals surface area contributed by atoms with Crippen LogP contribution >= 0.6 is 0 Å². The molecule has 0 atom stereocenters. The van der Waals surface area contributed by atoms with Crippen molar-refractivity contribution in [1.82, 2.24) is 4.90 Å². The van der Waals surface area contributed by atoms with Crippen LogP contribution in [0.3, 0.4) is 0 Å². The van der Waals surface area contributed by atoms with Gasteiger partial charge in [-0.25, -0.2) is 0 Å². The standard InChI is InChI=1S/C19H28N2O/c1-2-11-21(14-15-6-7-15)12-10-19(22)20-18-9-8-16-4-3-5-17(16)13-18/h8-9,13,15H,2-7,10-12,14H2,1H3,(H,20,22). The van der Waals surface area contributed by atoms with Gasteiger partial charge < -0.3 is 10.2 Å². The molecule has 2 aliphatic rings. The highest BCUT2D eigenvalue weighted by Gasteiger charge is 2.24. The third kappa shape index (κ3) is 4.33. The van der Waals surface area contributed by atoms with Crippen LogP contribution in [0.1, 0.15) is 50.2 Å². The minimum atomic E-state index is 0.148. The van der Waals surface area contributed by atoms with E-state index in [4.69, 9.17) is 0 Å². The summed E-state index contributed by atoms with van der Waals surface area (Å²) in [5.41, 5.74) is 3.84. The summed E-state index contributed by atoms with van der Waals surface area (Å²) in [6, 6.07) is 6.39. The van der Waals surface area contributed by atoms with Crippen molar-refractivity contribution in [3.8, 4) is 0 Å². The van der Waals surface area contributed by atoms with Crippen LogP contribution in [-0.4, -0.2) is 30.4 Å². The first-order chi connectivity index (χ1) is 10.7. The number of fused-ring (bicyclic) bond motifs is 1. The molecule has 3 heteroatoms. The molecular weight excluding hydrogens is 272 g/mol. The molecule has 1 amide bonds. The molecule has 0 unspecified atom stereocenters. The van der Waals surface area contributed by atoms with E-state index in [0.29, 0.717) is 6.42 Å². The lowest BCUT2D eigenvalue weighted by Crippen LogP contribution is -2.30. The fourth-order valence-electron chi connectivity index (χ4n) is 3.41. The van der Waals surface area contributed by atoms with E-state index >= 15 is 0 Å². The Hall–Kier alpha value is -1.35. The Morgan fingerprint density at radius 2 is 2.05 bits per heavy atom. The van der Waals surface area contributed by atoms with Gasteiger partial charge in [0, 0.05) is 25.2 Å². The summed E-state index contributed by atoms with van der Waals surface area (Å²) in [6.45, 7) is 5.40. The number of nitrogens with zero attached hydrogens (tertiary/aromatic N) is 1. The predicted molar refractivity (Wildman–Crippen MR) is 91.2 cm³/mol. The van der Waals surface area contributed by atoms with Crippen molar-refractivity contribution < 1.29 is 4.79 Å². The zero-order chi connectivity index (χ0) is 15.4. The summed E-state index contributed by atoms with van der Waals surface area (Å²) < 4.78 is 0. The average Bonchev–Trinajstić information content (AvgIpc) is 3.19. The Morgan fingerprint density at radius 3 is 2.82 bits per heavy atom. The molecular formula is C19H28N2O. The van der Waals surface area contributed by atoms with Crippen LogP contribution < -0.4 is 5.32 Å². The number of benzene rings is 1. The molecule has 22 heavy (non-hydrogen) atoms. The predicted octanol–water partition coefficient (Wildman–Crippen LogP) is 3.63. The molecule has 0 bridgehead atoms. The molecule has 2 aliphatic carbocycles. The van der Waals surface area contributed by atoms with Gasteiger partial charge in [0.2, 0.25) is 5.91 Å². The highest BCUT2D eigenvalue weighted by atomic mass is 16.1. The van der Waals surface area contributed by atoms with Crippen molar-refractivity contribution in [2.45, 2.75) is 51.9 Å². The van der Waals surface area contributed by atoms with E-state index in [1.54, 1.807) is 0 Å². The van der Waals surface area contributed by atoms with Crippen molar-refractivity contribution in [3.05, 3.63) is 29.3 Å². The van der Waals surface area contributed by atoms with Gasteiger partial charge in [0.1, 0.15) is 0 Å². The minimum absolute atomic E-state index is 0.148. The lowest BCUT2D eigenvalue weighted by Gasteiger charge is -2.21. The van der Waals surface area contributed by atoms with Crippen LogP contribution in [0.4, 0.5) is 5.69 Å². The summed E-state index contributed by atoms with van der Waals surface area (Å²) >= 11 is 0. The Morgan fingerprint density at radius 1 is 1.23 bits per heavy atom. The van der Waals surface area contributed by atoms with Gasteiger partial charge in [-0.1, -0.05) is 13.0 Å². The topological polar surface area (TPSA) is 32.3 Å². The van der Waals surface area contributed by atoms with E-state index < -0.39 is 0 Å². The second-order valence-corrected chi connectivity index (χ2v) is 6.88. The van der Waals surface area contributed by atoms with Gasteiger partial charge in [-0.15, -0.1) is 0 Å². The normalized spacial score (nSPS) is 16.8. The Bertz CT molecular complexity index is 522. The number of carbonyl (C=O) groups excluding carboxylic acids is 1. The quantitative estimate of drug-likeness (QED) is 0.795. The molecule has 1 aromatic carbocycles. The van der Waals surface area contributed by atoms with Crippen molar-refractivity contribution in [1.29, 1.82) is 0 Å². The number of aryl methyl sites for hydroxylation is 2. The van der Waals surface area contributed by atoms with Gasteiger partial charge in [0.05, 0.1) is 0 Å². The molecule has 0 saturated heterocycles. The number of amides is 1. The molecule has 120 valence electrons. The lowest BCUT2D eigenvalue weighted by molar-refractivity contribution is -0.116. The summed E-state index contributed by atoms with van der Waals surface area (Å²) in [5, 5.41) is 3.07. The Kier molecular flexibility index (Phi) is 5.14. The first-order valence-electron chi connectivity index (χ1n) is 8.88. The molecule has 1 aromatic rings. The minimum Gasteiger partial charge on any atom is -0.326 e. The van der Waals surface area contributed by atoms with Crippen molar-refractivity contribution in [2.24, 2.45) is 5.92 Å². The number of rotatable bonds is 8. The van der Waals surface area contributed by atoms with Crippen molar-refractivity contribution in [2.75, 3.05) is 25.0 Å². The van der Waals surface area contributed by atoms with Crippen LogP contribution in [0.25, 0.3) is 0 Å². The van der Waals surface area contributed by atoms with Crippen LogP contribution in [-0.2, 0) is 17.6 Å². The fourth-order valence-corrected chi connectivity index (χ4v) is 3.41. The zero-order valence-corrected chi connectivity index (χ0v) is 13.7. The number of hydrogen-bond acceptors (Lipinski definition) is 2. The molecule has 1 saturated carbocycles. The molecule has 3 nitrogen and oxygen atoms in total. The fraction of sp³-hybridized carbons (Fsp3) is 0.632. The van der Waals surface area contributed by atoms with E-state index in [2.05, 4.69) is 35.3 Å². The van der Waals surface area contributed by atoms with Gasteiger partial charge in [-0.3, -0.25) is 4.79 Å². The third-order valence-electron chi connectivity index (χ3n) is 4.79. The van der Waals surface area contributed by atoms with Gasteiger partial charge in [0.25, 0.3) is 0 Å². The van der Waals surface area contributed by atoms with Gasteiger partial charge in [0.15, 0.2) is 0 Å². The molecule has 0 aromatic heterocycles. The largest absolute Gasteiger partial charge is 0.326 e. The summed E-state index contributed by atoms with van der Waals surface area (Å²) in [5.74, 6) is 1.04. The van der Waals surface area contributed by atoms with Crippen LogP contribution in [0.15, 0.2) is 18.2 Å². The maximum absolute atomic E-state index is 12.2. The van der Waals surface area contributed by atoms with E-state index in [0.717, 1.165) is 31.1 Å². The van der Waals surface area contributed by atoms with Crippen LogP contribution in [0.2, 0.25) is 0 Å². The maximum atomic E-state index is 12.2. The molecule has 0 spiro atoms. The molecule has 1 N–H and O–H groups in total. The first kappa shape index (κ1) is 15.5. The SMILES string of the molecule is CCCN(CCC(=O)Nc1ccc2c(c1)CCC2)CC1CC1. The Labute approximate surface area is 134 Å². The second-order valence-electron chi connectivity index (χ2n) is 6.88. The smallest absolute Gasteiger partial charge is 0.225 e. The van der Waals surface area contributed by atoms with E-state index in [-0.39, 0.29) is 5.91 Å². The molecule has 0 radical (unpaired) electrons. The molecule has 0 aliphatic heterocycles. The highest BCUT2D eigenvalue weighted by Crippen LogP contribution is 2.29. The van der Waals surface area contributed by atoms with E-state index in [9.17, 15) is 4.79 Å². The zero-order valence-electron chi connectivity index (χ0n) is 13.7. The summed E-state index contributed by atoms with van der Waals surface area (Å²) in [4.78, 5) is 14.6. The number of hydrogen-bond donors (Lipinski definition) is 1. The summed E-state index contributed by atoms with van der Waals surface area (Å²) in [7, 11) is 0. The van der Waals surface area contributed by atoms with E-state index in [1.807, 2.05) is 0 Å². The number of anilines is 1. The van der Waals surface area contributed by atoms with Gasteiger partial charge in [-0.2, -0.15) is 0 Å². The van der Waals surface area contributed by atoms with Gasteiger partial charge in [-0.05, 0) is 74.2 Å². The Balaban J connectivity index is 1.46. The third-order valence-corrected chi connectivity index (χ3v) is 4.79. The second kappa shape index (κ2) is 7.28. The van der Waals surface area contributed by atoms with Crippen molar-refractivity contribution in [3.63, 3.8) is 0 Å². The van der Waals surface area contributed by atoms with Crippen molar-refractivity contribution >= 4 is 11.6 Å². The lowest BCUT2D eigenvalue weighted by atomic mass is 10.1. The molecule has 0 heterocycles.